The van der Waals surface area contributed by atoms with E-state index in [4.69, 9.17) is 11.6 Å². The first-order valence-corrected chi connectivity index (χ1v) is 7.90. The van der Waals surface area contributed by atoms with E-state index < -0.39 is 0 Å². The highest BCUT2D eigenvalue weighted by molar-refractivity contribution is 7.18. The molecule has 4 rings (SSSR count). The number of halogens is 1. The van der Waals surface area contributed by atoms with Gasteiger partial charge in [-0.25, -0.2) is 9.67 Å². The molecule has 0 fully saturated rings. The van der Waals surface area contributed by atoms with Gasteiger partial charge in [0.15, 0.2) is 0 Å². The van der Waals surface area contributed by atoms with Crippen LogP contribution in [-0.4, -0.2) is 14.8 Å². The Labute approximate surface area is 134 Å². The second-order valence-corrected chi connectivity index (χ2v) is 6.47. The van der Waals surface area contributed by atoms with Crippen LogP contribution in [-0.2, 0) is 6.54 Å². The minimum absolute atomic E-state index is 0.101. The highest BCUT2D eigenvalue weighted by atomic mass is 35.5. The molecule has 0 amide bonds. The fourth-order valence-corrected chi connectivity index (χ4v) is 3.48. The van der Waals surface area contributed by atoms with Crippen molar-refractivity contribution in [3.05, 3.63) is 69.0 Å². The van der Waals surface area contributed by atoms with Crippen molar-refractivity contribution in [1.82, 2.24) is 14.8 Å². The summed E-state index contributed by atoms with van der Waals surface area (Å²) in [6.45, 7) is 0.362. The molecule has 0 saturated carbocycles. The minimum Gasteiger partial charge on any atom is -0.267 e. The molecule has 2 aromatic heterocycles. The van der Waals surface area contributed by atoms with Gasteiger partial charge in [-0.3, -0.25) is 4.79 Å². The van der Waals surface area contributed by atoms with E-state index in [1.54, 1.807) is 17.5 Å². The van der Waals surface area contributed by atoms with Crippen molar-refractivity contribution < 1.29 is 0 Å². The number of hydrogen-bond donors (Lipinski definition) is 0. The van der Waals surface area contributed by atoms with E-state index in [1.165, 1.54) is 4.68 Å². The second kappa shape index (κ2) is 5.19. The van der Waals surface area contributed by atoms with Crippen LogP contribution in [0.5, 0.6) is 0 Å². The summed E-state index contributed by atoms with van der Waals surface area (Å²) in [5.74, 6) is 0. The Morgan fingerprint density at radius 2 is 2.05 bits per heavy atom. The van der Waals surface area contributed by atoms with Crippen LogP contribution in [0.4, 0.5) is 0 Å². The Morgan fingerprint density at radius 1 is 1.18 bits per heavy atom. The molecular weight excluding hydrogens is 318 g/mol. The van der Waals surface area contributed by atoms with Gasteiger partial charge in [0.1, 0.15) is 5.01 Å². The molecule has 0 saturated heterocycles. The van der Waals surface area contributed by atoms with Crippen LogP contribution >= 0.6 is 22.9 Å². The molecule has 2 heterocycles. The number of hydrogen-bond acceptors (Lipinski definition) is 4. The van der Waals surface area contributed by atoms with Crippen molar-refractivity contribution in [3.8, 4) is 0 Å². The largest absolute Gasteiger partial charge is 0.275 e. The lowest BCUT2D eigenvalue weighted by Crippen LogP contribution is -2.23. The van der Waals surface area contributed by atoms with E-state index in [0.717, 1.165) is 20.6 Å². The zero-order chi connectivity index (χ0) is 15.1. The molecule has 6 heteroatoms. The third-order valence-electron chi connectivity index (χ3n) is 3.44. The minimum atomic E-state index is -0.101. The summed E-state index contributed by atoms with van der Waals surface area (Å²) in [7, 11) is 0. The van der Waals surface area contributed by atoms with E-state index in [1.807, 2.05) is 42.5 Å². The zero-order valence-corrected chi connectivity index (χ0v) is 12.9. The third-order valence-corrected chi connectivity index (χ3v) is 4.70. The molecule has 0 atom stereocenters. The Morgan fingerprint density at radius 3 is 2.95 bits per heavy atom. The number of benzene rings is 2. The molecule has 4 nitrogen and oxygen atoms in total. The van der Waals surface area contributed by atoms with Gasteiger partial charge < -0.3 is 0 Å². The summed E-state index contributed by atoms with van der Waals surface area (Å²) in [5, 5.41) is 7.24. The van der Waals surface area contributed by atoms with Gasteiger partial charge in [-0.1, -0.05) is 29.8 Å². The van der Waals surface area contributed by atoms with E-state index in [0.29, 0.717) is 17.0 Å². The molecular formula is C16H10ClN3OS. The summed E-state index contributed by atoms with van der Waals surface area (Å²) in [6, 6.07) is 13.1. The monoisotopic (exact) mass is 327 g/mol. The summed E-state index contributed by atoms with van der Waals surface area (Å²) in [4.78, 5) is 17.0. The van der Waals surface area contributed by atoms with Gasteiger partial charge in [-0.2, -0.15) is 5.10 Å². The molecule has 0 radical (unpaired) electrons. The molecule has 4 aromatic rings. The Balaban J connectivity index is 1.78. The van der Waals surface area contributed by atoms with Gasteiger partial charge in [0.2, 0.25) is 0 Å². The zero-order valence-electron chi connectivity index (χ0n) is 11.4. The van der Waals surface area contributed by atoms with E-state index in [-0.39, 0.29) is 5.56 Å². The summed E-state index contributed by atoms with van der Waals surface area (Å²) in [5.41, 5.74) is 0.747. The van der Waals surface area contributed by atoms with Crippen LogP contribution in [0.15, 0.2) is 53.5 Å². The number of fused-ring (bicyclic) bond motifs is 2. The Bertz CT molecular complexity index is 1050. The van der Waals surface area contributed by atoms with Gasteiger partial charge in [-0.15, -0.1) is 11.3 Å². The molecule has 0 aliphatic heterocycles. The molecule has 22 heavy (non-hydrogen) atoms. The first-order valence-electron chi connectivity index (χ1n) is 6.70. The molecule has 0 aliphatic rings. The second-order valence-electron chi connectivity index (χ2n) is 4.91. The number of rotatable bonds is 2. The third kappa shape index (κ3) is 2.28. The Hall–Kier alpha value is -2.24. The first-order chi connectivity index (χ1) is 10.7. The van der Waals surface area contributed by atoms with Gasteiger partial charge in [0.05, 0.1) is 28.3 Å². The van der Waals surface area contributed by atoms with Gasteiger partial charge in [-0.05, 0) is 24.3 Å². The maximum Gasteiger partial charge on any atom is 0.275 e. The summed E-state index contributed by atoms with van der Waals surface area (Å²) < 4.78 is 2.50. The van der Waals surface area contributed by atoms with Crippen molar-refractivity contribution in [2.24, 2.45) is 0 Å². The highest BCUT2D eigenvalue weighted by Crippen LogP contribution is 2.25. The molecule has 0 spiro atoms. The van der Waals surface area contributed by atoms with Crippen molar-refractivity contribution in [1.29, 1.82) is 0 Å². The van der Waals surface area contributed by atoms with Crippen LogP contribution in [0, 0.1) is 0 Å². The molecule has 0 bridgehead atoms. The molecule has 108 valence electrons. The lowest BCUT2D eigenvalue weighted by Gasteiger charge is -2.03. The van der Waals surface area contributed by atoms with Crippen LogP contribution in [0.3, 0.4) is 0 Å². The highest BCUT2D eigenvalue weighted by Gasteiger charge is 2.08. The molecule has 2 aromatic carbocycles. The molecule has 0 N–H and O–H groups in total. The number of nitrogens with zero attached hydrogens (tertiary/aromatic N) is 3. The van der Waals surface area contributed by atoms with E-state index in [2.05, 4.69) is 10.1 Å². The number of thiazole rings is 1. The fourth-order valence-electron chi connectivity index (χ4n) is 2.38. The van der Waals surface area contributed by atoms with Gasteiger partial charge in [0, 0.05) is 10.4 Å². The quantitative estimate of drug-likeness (QED) is 0.564. The lowest BCUT2D eigenvalue weighted by molar-refractivity contribution is 0.645. The van der Waals surface area contributed by atoms with Crippen LogP contribution in [0.1, 0.15) is 5.01 Å². The number of aromatic nitrogens is 3. The van der Waals surface area contributed by atoms with Crippen LogP contribution in [0.25, 0.3) is 21.0 Å². The van der Waals surface area contributed by atoms with Crippen LogP contribution in [0.2, 0.25) is 5.02 Å². The van der Waals surface area contributed by atoms with Gasteiger partial charge in [0.25, 0.3) is 5.56 Å². The summed E-state index contributed by atoms with van der Waals surface area (Å²) >= 11 is 7.52. The van der Waals surface area contributed by atoms with Crippen LogP contribution < -0.4 is 5.56 Å². The predicted molar refractivity (Wildman–Crippen MR) is 89.7 cm³/mol. The fraction of sp³-hybridized carbons (Fsp3) is 0.0625. The standard InChI is InChI=1S/C16H10ClN3OS/c17-11-5-6-14-13(7-11)19-15(22-14)9-20-16(21)12-4-2-1-3-10(12)8-18-20/h1-8H,9H2. The van der Waals surface area contributed by atoms with Gasteiger partial charge >= 0.3 is 0 Å². The van der Waals surface area contributed by atoms with Crippen molar-refractivity contribution >= 4 is 43.9 Å². The average Bonchev–Trinajstić information content (AvgIpc) is 2.92. The SMILES string of the molecule is O=c1c2ccccc2cnn1Cc1nc2cc(Cl)ccc2s1. The molecule has 0 aliphatic carbocycles. The van der Waals surface area contributed by atoms with E-state index in [9.17, 15) is 4.79 Å². The smallest absolute Gasteiger partial charge is 0.267 e. The Kier molecular flexibility index (Phi) is 3.17. The maximum atomic E-state index is 12.5. The van der Waals surface area contributed by atoms with Crippen molar-refractivity contribution in [2.45, 2.75) is 6.54 Å². The average molecular weight is 328 g/mol. The van der Waals surface area contributed by atoms with E-state index >= 15 is 0 Å². The summed E-state index contributed by atoms with van der Waals surface area (Å²) in [6.07, 6.45) is 1.71. The maximum absolute atomic E-state index is 12.5. The lowest BCUT2D eigenvalue weighted by atomic mass is 10.2. The molecule has 0 unspecified atom stereocenters. The predicted octanol–water partition coefficient (Wildman–Crippen LogP) is 3.71. The first kappa shape index (κ1) is 13.4. The van der Waals surface area contributed by atoms with Crippen molar-refractivity contribution in [2.75, 3.05) is 0 Å². The normalized spacial score (nSPS) is 11.3. The topological polar surface area (TPSA) is 47.8 Å². The van der Waals surface area contributed by atoms with Crippen molar-refractivity contribution in [3.63, 3.8) is 0 Å².